The molecule has 14 heteroatoms. The maximum atomic E-state index is 13.1. The van der Waals surface area contributed by atoms with Crippen molar-refractivity contribution in [2.24, 2.45) is 5.41 Å². The highest BCUT2D eigenvalue weighted by Gasteiger charge is 2.60. The Labute approximate surface area is 202 Å². The number of nitrogens with zero attached hydrogens (tertiary/aromatic N) is 2. The van der Waals surface area contributed by atoms with Crippen molar-refractivity contribution in [3.05, 3.63) is 29.3 Å². The standard InChI is InChI=1S/C22H28F9N3O2/c1-4-33(3)16-11-15(20(23,24)25)6-5-14(16)12-32-13-19(2)7-9-34(10-8-19)18(35)36-17(21(26,27)28)22(29,30)31/h5-6,11,17,32H,4,7-10,12-13H2,1-3H3. The first-order valence-electron chi connectivity index (χ1n) is 11.1. The molecule has 0 saturated carbocycles. The molecule has 1 aliphatic heterocycles. The summed E-state index contributed by atoms with van der Waals surface area (Å²) in [4.78, 5) is 14.4. The van der Waals surface area contributed by atoms with Gasteiger partial charge >= 0.3 is 24.6 Å². The number of carbonyl (C=O) groups excluding carboxylic acids is 1. The van der Waals surface area contributed by atoms with E-state index in [2.05, 4.69) is 10.1 Å². The van der Waals surface area contributed by atoms with E-state index in [0.29, 0.717) is 24.3 Å². The van der Waals surface area contributed by atoms with Crippen molar-refractivity contribution in [2.75, 3.05) is 38.1 Å². The van der Waals surface area contributed by atoms with E-state index < -0.39 is 41.7 Å². The van der Waals surface area contributed by atoms with Crippen LogP contribution in [0.1, 0.15) is 37.8 Å². The Hall–Kier alpha value is -2.38. The first-order chi connectivity index (χ1) is 16.4. The van der Waals surface area contributed by atoms with Crippen LogP contribution < -0.4 is 10.2 Å². The minimum absolute atomic E-state index is 0.108. The van der Waals surface area contributed by atoms with Gasteiger partial charge in [0.1, 0.15) is 0 Å². The van der Waals surface area contributed by atoms with Gasteiger partial charge in [0, 0.05) is 45.5 Å². The van der Waals surface area contributed by atoms with Gasteiger partial charge < -0.3 is 19.9 Å². The molecule has 0 spiro atoms. The van der Waals surface area contributed by atoms with E-state index >= 15 is 0 Å². The van der Waals surface area contributed by atoms with Crippen molar-refractivity contribution in [1.82, 2.24) is 10.2 Å². The number of benzene rings is 1. The minimum Gasteiger partial charge on any atom is -0.426 e. The normalized spacial score (nSPS) is 16.9. The highest BCUT2D eigenvalue weighted by Crippen LogP contribution is 2.37. The van der Waals surface area contributed by atoms with Gasteiger partial charge in [-0.05, 0) is 42.9 Å². The molecular formula is C22H28F9N3O2. The third-order valence-corrected chi connectivity index (χ3v) is 6.21. The van der Waals surface area contributed by atoms with Crippen LogP contribution in [0.5, 0.6) is 0 Å². The fraction of sp³-hybridized carbons (Fsp3) is 0.682. The summed E-state index contributed by atoms with van der Waals surface area (Å²) >= 11 is 0. The lowest BCUT2D eigenvalue weighted by Crippen LogP contribution is -2.51. The summed E-state index contributed by atoms with van der Waals surface area (Å²) in [5.41, 5.74) is -0.188. The molecule has 36 heavy (non-hydrogen) atoms. The zero-order valence-corrected chi connectivity index (χ0v) is 19.9. The average molecular weight is 537 g/mol. The van der Waals surface area contributed by atoms with E-state index in [4.69, 9.17) is 0 Å². The SMILES string of the molecule is CCN(C)c1cc(C(F)(F)F)ccc1CNCC1(C)CCN(C(=O)OC(C(F)(F)F)C(F)(F)F)CC1. The van der Waals surface area contributed by atoms with Crippen LogP contribution in [-0.2, 0) is 17.5 Å². The number of carbonyl (C=O) groups is 1. The highest BCUT2D eigenvalue weighted by molar-refractivity contribution is 5.68. The van der Waals surface area contributed by atoms with Crippen LogP contribution in [0.25, 0.3) is 0 Å². The van der Waals surface area contributed by atoms with Crippen LogP contribution >= 0.6 is 0 Å². The Morgan fingerprint density at radius 3 is 2.11 bits per heavy atom. The van der Waals surface area contributed by atoms with E-state index in [1.807, 2.05) is 6.92 Å². The number of anilines is 1. The molecule has 0 unspecified atom stereocenters. The van der Waals surface area contributed by atoms with E-state index in [9.17, 15) is 44.3 Å². The summed E-state index contributed by atoms with van der Waals surface area (Å²) in [6.07, 6.45) is -21.4. The Morgan fingerprint density at radius 2 is 1.64 bits per heavy atom. The number of hydrogen-bond acceptors (Lipinski definition) is 4. The summed E-state index contributed by atoms with van der Waals surface area (Å²) in [7, 11) is 1.66. The predicted molar refractivity (Wildman–Crippen MR) is 113 cm³/mol. The number of alkyl halides is 9. The Morgan fingerprint density at radius 1 is 1.08 bits per heavy atom. The van der Waals surface area contributed by atoms with Crippen molar-refractivity contribution >= 4 is 11.8 Å². The second-order valence-electron chi connectivity index (χ2n) is 9.10. The number of ether oxygens (including phenoxy) is 1. The minimum atomic E-state index is -5.79. The fourth-order valence-corrected chi connectivity index (χ4v) is 3.81. The van der Waals surface area contributed by atoms with Gasteiger partial charge in [-0.3, -0.25) is 0 Å². The molecule has 1 aliphatic rings. The van der Waals surface area contributed by atoms with Gasteiger partial charge in [0.25, 0.3) is 6.10 Å². The summed E-state index contributed by atoms with van der Waals surface area (Å²) in [6.45, 7) is 4.48. The zero-order chi connectivity index (χ0) is 27.5. The number of nitrogens with one attached hydrogen (secondary N) is 1. The summed E-state index contributed by atoms with van der Waals surface area (Å²) in [5, 5.41) is 3.17. The first-order valence-corrected chi connectivity index (χ1v) is 11.1. The summed E-state index contributed by atoms with van der Waals surface area (Å²) < 4.78 is 119. The van der Waals surface area contributed by atoms with Crippen LogP contribution in [0.4, 0.5) is 50.0 Å². The number of likely N-dealkylation sites (tertiary alicyclic amines) is 1. The third-order valence-electron chi connectivity index (χ3n) is 6.21. The quantitative estimate of drug-likeness (QED) is 0.435. The zero-order valence-electron chi connectivity index (χ0n) is 19.9. The van der Waals surface area contributed by atoms with Crippen LogP contribution in [0.15, 0.2) is 18.2 Å². The van der Waals surface area contributed by atoms with Crippen LogP contribution in [-0.4, -0.2) is 62.7 Å². The van der Waals surface area contributed by atoms with Crippen molar-refractivity contribution in [3.63, 3.8) is 0 Å². The molecule has 1 fully saturated rings. The molecule has 1 aromatic carbocycles. The van der Waals surface area contributed by atoms with Crippen molar-refractivity contribution < 1.29 is 49.0 Å². The lowest BCUT2D eigenvalue weighted by Gasteiger charge is -2.39. The molecule has 206 valence electrons. The van der Waals surface area contributed by atoms with Gasteiger partial charge in [-0.1, -0.05) is 13.0 Å². The largest absolute Gasteiger partial charge is 0.434 e. The Balaban J connectivity index is 1.96. The second-order valence-corrected chi connectivity index (χ2v) is 9.10. The van der Waals surface area contributed by atoms with E-state index in [-0.39, 0.29) is 32.5 Å². The lowest BCUT2D eigenvalue weighted by atomic mass is 9.80. The molecular weight excluding hydrogens is 509 g/mol. The molecule has 0 atom stereocenters. The second kappa shape index (κ2) is 10.9. The van der Waals surface area contributed by atoms with Crippen molar-refractivity contribution in [1.29, 1.82) is 0 Å². The van der Waals surface area contributed by atoms with Crippen LogP contribution in [0.3, 0.4) is 0 Å². The molecule has 1 heterocycles. The number of amides is 1. The molecule has 1 N–H and O–H groups in total. The molecule has 0 aromatic heterocycles. The maximum Gasteiger partial charge on any atom is 0.434 e. The molecule has 5 nitrogen and oxygen atoms in total. The van der Waals surface area contributed by atoms with Crippen molar-refractivity contribution in [2.45, 2.75) is 57.9 Å². The fourth-order valence-electron chi connectivity index (χ4n) is 3.81. The lowest BCUT2D eigenvalue weighted by molar-refractivity contribution is -0.308. The average Bonchev–Trinajstić information content (AvgIpc) is 2.75. The molecule has 0 aliphatic carbocycles. The van der Waals surface area contributed by atoms with E-state index in [1.54, 1.807) is 18.9 Å². The van der Waals surface area contributed by atoms with Crippen LogP contribution in [0.2, 0.25) is 0 Å². The predicted octanol–water partition coefficient (Wildman–Crippen LogP) is 5.98. The maximum absolute atomic E-state index is 13.1. The molecule has 1 amide bonds. The van der Waals surface area contributed by atoms with Gasteiger partial charge in [0.2, 0.25) is 0 Å². The first kappa shape index (κ1) is 29.8. The van der Waals surface area contributed by atoms with Gasteiger partial charge in [-0.25, -0.2) is 4.79 Å². The van der Waals surface area contributed by atoms with E-state index in [0.717, 1.165) is 17.0 Å². The molecule has 0 radical (unpaired) electrons. The van der Waals surface area contributed by atoms with Gasteiger partial charge in [-0.15, -0.1) is 0 Å². The topological polar surface area (TPSA) is 44.8 Å². The highest BCUT2D eigenvalue weighted by atomic mass is 19.4. The molecule has 1 saturated heterocycles. The monoisotopic (exact) mass is 537 g/mol. The molecule has 0 bridgehead atoms. The smallest absolute Gasteiger partial charge is 0.426 e. The third kappa shape index (κ3) is 7.81. The number of hydrogen-bond donors (Lipinski definition) is 1. The Bertz CT molecular complexity index is 878. The Kier molecular flexibility index (Phi) is 9.06. The van der Waals surface area contributed by atoms with Gasteiger partial charge in [0.05, 0.1) is 5.56 Å². The van der Waals surface area contributed by atoms with Gasteiger partial charge in [0.15, 0.2) is 0 Å². The number of halogens is 9. The van der Waals surface area contributed by atoms with Gasteiger partial charge in [-0.2, -0.15) is 39.5 Å². The summed E-state index contributed by atoms with van der Waals surface area (Å²) in [6, 6.07) is 3.45. The van der Waals surface area contributed by atoms with E-state index in [1.165, 1.54) is 6.07 Å². The molecule has 2 rings (SSSR count). The summed E-state index contributed by atoms with van der Waals surface area (Å²) in [5.74, 6) is 0. The van der Waals surface area contributed by atoms with Crippen LogP contribution in [0, 0.1) is 5.41 Å². The number of rotatable bonds is 7. The number of piperidine rings is 1. The molecule has 1 aromatic rings. The van der Waals surface area contributed by atoms with Crippen molar-refractivity contribution in [3.8, 4) is 0 Å².